The van der Waals surface area contributed by atoms with Gasteiger partial charge in [-0.15, -0.1) is 22.7 Å². The zero-order valence-corrected chi connectivity index (χ0v) is 30.1. The van der Waals surface area contributed by atoms with Crippen LogP contribution in [0.15, 0.2) is 0 Å². The summed E-state index contributed by atoms with van der Waals surface area (Å²) in [5.41, 5.74) is 14.9. The van der Waals surface area contributed by atoms with Crippen molar-refractivity contribution in [2.24, 2.45) is 34.1 Å². The van der Waals surface area contributed by atoms with E-state index >= 15 is 0 Å². The Bertz CT molecular complexity index is 1330. The Labute approximate surface area is 280 Å². The van der Waals surface area contributed by atoms with Gasteiger partial charge < -0.3 is 22.1 Å². The molecule has 0 fully saturated rings. The number of primary amides is 2. The van der Waals surface area contributed by atoms with Crippen molar-refractivity contribution < 1.29 is 19.2 Å². The number of nitrogens with two attached hydrogens (primary N) is 2. The van der Waals surface area contributed by atoms with Crippen LogP contribution in [-0.4, -0.2) is 35.1 Å². The van der Waals surface area contributed by atoms with Crippen molar-refractivity contribution in [3.8, 4) is 0 Å². The molecule has 0 saturated carbocycles. The lowest BCUT2D eigenvalue weighted by molar-refractivity contribution is -0.116. The number of fused-ring (bicyclic) bond motifs is 2. The second-order valence-corrected chi connectivity index (χ2v) is 17.4. The maximum Gasteiger partial charge on any atom is 0.251 e. The lowest BCUT2D eigenvalue weighted by Crippen LogP contribution is -2.29. The minimum absolute atomic E-state index is 0.168. The molecule has 2 aromatic rings. The zero-order valence-electron chi connectivity index (χ0n) is 27.7. The van der Waals surface area contributed by atoms with Crippen LogP contribution in [-0.2, 0) is 35.3 Å². The van der Waals surface area contributed by atoms with Crippen LogP contribution in [0.5, 0.6) is 0 Å². The first kappa shape index (κ1) is 35.5. The fourth-order valence-electron chi connectivity index (χ4n) is 6.59. The Hall–Kier alpha value is -2.37. The lowest BCUT2D eigenvalue weighted by atomic mass is 9.69. The van der Waals surface area contributed by atoms with Crippen LogP contribution in [0.4, 0.5) is 10.0 Å². The summed E-state index contributed by atoms with van der Waals surface area (Å²) in [4.78, 5) is 52.7. The number of amides is 4. The third kappa shape index (κ3) is 8.14. The molecule has 0 aromatic carbocycles. The van der Waals surface area contributed by atoms with Gasteiger partial charge in [-0.25, -0.2) is 0 Å². The maximum absolute atomic E-state index is 12.8. The van der Waals surface area contributed by atoms with Crippen LogP contribution in [0, 0.1) is 22.7 Å². The monoisotopic (exact) mass is 674 g/mol. The van der Waals surface area contributed by atoms with Gasteiger partial charge in [0.25, 0.3) is 11.8 Å². The van der Waals surface area contributed by atoms with Gasteiger partial charge in [0.15, 0.2) is 0 Å². The van der Waals surface area contributed by atoms with E-state index in [4.69, 9.17) is 11.5 Å². The number of rotatable bonds is 14. The molecule has 8 nitrogen and oxygen atoms in total. The Morgan fingerprint density at radius 2 is 1.11 bits per heavy atom. The third-order valence-corrected chi connectivity index (χ3v) is 13.8. The first-order valence-electron chi connectivity index (χ1n) is 16.2. The van der Waals surface area contributed by atoms with Crippen molar-refractivity contribution in [1.82, 2.24) is 0 Å². The summed E-state index contributed by atoms with van der Waals surface area (Å²) >= 11 is 4.50. The minimum Gasteiger partial charge on any atom is -0.365 e. The molecule has 0 aliphatic heterocycles. The Kier molecular flexibility index (Phi) is 11.5. The van der Waals surface area contributed by atoms with E-state index in [0.29, 0.717) is 44.5 Å². The van der Waals surface area contributed by atoms with Crippen LogP contribution in [0.3, 0.4) is 0 Å². The first-order valence-corrected chi connectivity index (χ1v) is 19.0. The Balaban J connectivity index is 1.27. The van der Waals surface area contributed by atoms with Gasteiger partial charge in [0.2, 0.25) is 11.8 Å². The fraction of sp³-hybridized carbons (Fsp3) is 0.647. The van der Waals surface area contributed by atoms with Crippen molar-refractivity contribution in [2.75, 3.05) is 22.1 Å². The van der Waals surface area contributed by atoms with E-state index in [-0.39, 0.29) is 35.5 Å². The summed E-state index contributed by atoms with van der Waals surface area (Å²) in [6, 6.07) is 0. The molecule has 2 aliphatic carbocycles. The normalized spacial score (nSPS) is 18.2. The van der Waals surface area contributed by atoms with Crippen LogP contribution in [0.25, 0.3) is 0 Å². The number of thioether (sulfide) groups is 1. The van der Waals surface area contributed by atoms with Gasteiger partial charge in [0.1, 0.15) is 10.0 Å². The summed E-state index contributed by atoms with van der Waals surface area (Å²) in [5, 5.41) is 7.02. The van der Waals surface area contributed by atoms with E-state index < -0.39 is 11.8 Å². The molecule has 2 heterocycles. The standard InChI is InChI=1S/C34H50N4O4S3/c1-7-33(3,4)19-9-11-21-23(17-19)44-31(27(21)29(35)41)37-25(39)13-15-43-16-14-26(40)38-32-28(30(36)42)22-12-10-20(18-24(22)45-32)34(5,6)8-2/h19-20H,7-18H2,1-6H3,(H2,35,41)(H2,36,42)(H,37,39)(H,38,40). The molecule has 0 radical (unpaired) electrons. The molecular weight excluding hydrogens is 625 g/mol. The topological polar surface area (TPSA) is 144 Å². The van der Waals surface area contributed by atoms with Gasteiger partial charge in [-0.3, -0.25) is 19.2 Å². The molecule has 45 heavy (non-hydrogen) atoms. The third-order valence-electron chi connectivity index (χ3n) is 10.5. The van der Waals surface area contributed by atoms with Crippen molar-refractivity contribution in [1.29, 1.82) is 0 Å². The Morgan fingerprint density at radius 1 is 0.733 bits per heavy atom. The number of carbonyl (C=O) groups excluding carboxylic acids is 4. The van der Waals surface area contributed by atoms with Gasteiger partial charge in [-0.05, 0) is 72.3 Å². The number of anilines is 2. The van der Waals surface area contributed by atoms with Crippen molar-refractivity contribution >= 4 is 68.1 Å². The summed E-state index contributed by atoms with van der Waals surface area (Å²) < 4.78 is 0. The van der Waals surface area contributed by atoms with Gasteiger partial charge in [0.05, 0.1) is 11.1 Å². The fourth-order valence-corrected chi connectivity index (χ4v) is 10.2. The molecule has 2 atom stereocenters. The van der Waals surface area contributed by atoms with E-state index in [1.54, 1.807) is 0 Å². The highest BCUT2D eigenvalue weighted by atomic mass is 32.2. The van der Waals surface area contributed by atoms with Gasteiger partial charge in [-0.2, -0.15) is 11.8 Å². The van der Waals surface area contributed by atoms with Crippen LogP contribution < -0.4 is 22.1 Å². The van der Waals surface area contributed by atoms with Crippen LogP contribution in [0.1, 0.15) is 122 Å². The molecule has 6 N–H and O–H groups in total. The molecular formula is C34H50N4O4S3. The van der Waals surface area contributed by atoms with E-state index in [1.807, 2.05) is 0 Å². The number of nitrogens with one attached hydrogen (secondary N) is 2. The highest BCUT2D eigenvalue weighted by Gasteiger charge is 2.36. The predicted octanol–water partition coefficient (Wildman–Crippen LogP) is 7.18. The second kappa shape index (κ2) is 14.6. The van der Waals surface area contributed by atoms with E-state index in [0.717, 1.165) is 72.2 Å². The van der Waals surface area contributed by atoms with E-state index in [9.17, 15) is 19.2 Å². The maximum atomic E-state index is 12.8. The number of hydrogen-bond acceptors (Lipinski definition) is 7. The largest absolute Gasteiger partial charge is 0.365 e. The van der Waals surface area contributed by atoms with Gasteiger partial charge in [0, 0.05) is 34.1 Å². The van der Waals surface area contributed by atoms with Crippen LogP contribution >= 0.6 is 34.4 Å². The summed E-state index contributed by atoms with van der Waals surface area (Å²) in [5.74, 6) is 0.819. The van der Waals surface area contributed by atoms with Crippen molar-refractivity contribution in [3.05, 3.63) is 32.0 Å². The molecule has 2 aliphatic rings. The molecule has 248 valence electrons. The smallest absolute Gasteiger partial charge is 0.251 e. The average Bonchev–Trinajstić information content (AvgIpc) is 3.53. The summed E-state index contributed by atoms with van der Waals surface area (Å²) in [7, 11) is 0. The van der Waals surface area contributed by atoms with Crippen molar-refractivity contribution in [3.63, 3.8) is 0 Å². The number of carbonyl (C=O) groups is 4. The summed E-state index contributed by atoms with van der Waals surface area (Å²) in [6.45, 7) is 13.6. The molecule has 0 spiro atoms. The zero-order chi connectivity index (χ0) is 33.1. The molecule has 2 aromatic heterocycles. The molecule has 4 rings (SSSR count). The SMILES string of the molecule is CCC(C)(C)C1CCc2c(sc(NC(=O)CCSCCC(=O)Nc3sc4c(c3C(N)=O)CCC(C(C)(C)CC)C4)c2C(N)=O)C1. The molecule has 11 heteroatoms. The van der Waals surface area contributed by atoms with Crippen LogP contribution in [0.2, 0.25) is 0 Å². The summed E-state index contributed by atoms with van der Waals surface area (Å²) in [6.07, 6.45) is 8.14. The molecule has 2 unspecified atom stereocenters. The van der Waals surface area contributed by atoms with Gasteiger partial charge >= 0.3 is 0 Å². The average molecular weight is 675 g/mol. The molecule has 0 saturated heterocycles. The first-order chi connectivity index (χ1) is 21.2. The minimum atomic E-state index is -0.493. The Morgan fingerprint density at radius 3 is 1.44 bits per heavy atom. The molecule has 4 amide bonds. The highest BCUT2D eigenvalue weighted by molar-refractivity contribution is 7.99. The highest BCUT2D eigenvalue weighted by Crippen LogP contribution is 2.47. The number of thiophene rings is 2. The van der Waals surface area contributed by atoms with Crippen molar-refractivity contribution in [2.45, 2.75) is 106 Å². The predicted molar refractivity (Wildman–Crippen MR) is 189 cm³/mol. The van der Waals surface area contributed by atoms with Gasteiger partial charge in [-0.1, -0.05) is 54.4 Å². The quantitative estimate of drug-likeness (QED) is 0.157. The lowest BCUT2D eigenvalue weighted by Gasteiger charge is -2.36. The van der Waals surface area contributed by atoms with E-state index in [1.165, 1.54) is 34.4 Å². The molecule has 0 bridgehead atoms. The number of hydrogen-bond donors (Lipinski definition) is 4. The second-order valence-electron chi connectivity index (χ2n) is 13.9. The van der Waals surface area contributed by atoms with E-state index in [2.05, 4.69) is 52.2 Å².